The number of oxime groups is 1. The number of carboxylic acids is 1. The number of hydrogen-bond acceptors (Lipinski definition) is 5. The summed E-state index contributed by atoms with van der Waals surface area (Å²) in [5.74, 6) is -0.826. The smallest absolute Gasteiger partial charge is 0.335 e. The number of rotatable bonds is 6. The second-order valence-electron chi connectivity index (χ2n) is 5.62. The molecule has 0 aliphatic rings. The standard InChI is InChI=1S/C20H15FN2O4/c21-16-5-1-13(2-6-16)12-27-17-7-3-14(4-8-17)19(23-26)18-11-15(20(24)25)9-10-22-18/h1-11,26H,12H2,(H,24,25)/b23-19+. The molecule has 0 unspecified atom stereocenters. The molecule has 0 aliphatic heterocycles. The summed E-state index contributed by atoms with van der Waals surface area (Å²) in [5, 5.41) is 21.7. The Balaban J connectivity index is 1.74. The molecule has 0 atom stereocenters. The van der Waals surface area contributed by atoms with Crippen molar-refractivity contribution in [1.82, 2.24) is 4.98 Å². The Morgan fingerprint density at radius 1 is 1.04 bits per heavy atom. The molecule has 2 aromatic carbocycles. The topological polar surface area (TPSA) is 92.0 Å². The average Bonchev–Trinajstić information content (AvgIpc) is 2.69. The monoisotopic (exact) mass is 366 g/mol. The van der Waals surface area contributed by atoms with Crippen molar-refractivity contribution in [3.63, 3.8) is 0 Å². The fraction of sp³-hybridized carbons (Fsp3) is 0.0500. The highest BCUT2D eigenvalue weighted by Gasteiger charge is 2.12. The zero-order chi connectivity index (χ0) is 19.2. The number of benzene rings is 2. The minimum absolute atomic E-state index is 0.0420. The number of halogens is 1. The number of pyridine rings is 1. The van der Waals surface area contributed by atoms with E-state index >= 15 is 0 Å². The van der Waals surface area contributed by atoms with Crippen LogP contribution in [0.4, 0.5) is 4.39 Å². The Kier molecular flexibility index (Phi) is 5.41. The van der Waals surface area contributed by atoms with Crippen LogP contribution in [0.5, 0.6) is 5.75 Å². The van der Waals surface area contributed by atoms with Gasteiger partial charge in [0.25, 0.3) is 0 Å². The van der Waals surface area contributed by atoms with Crippen LogP contribution in [0.2, 0.25) is 0 Å². The van der Waals surface area contributed by atoms with E-state index in [1.165, 1.54) is 30.5 Å². The molecule has 136 valence electrons. The van der Waals surface area contributed by atoms with Crippen molar-refractivity contribution in [1.29, 1.82) is 0 Å². The summed E-state index contributed by atoms with van der Waals surface area (Å²) >= 11 is 0. The van der Waals surface area contributed by atoms with E-state index in [1.54, 1.807) is 36.4 Å². The van der Waals surface area contributed by atoms with E-state index in [2.05, 4.69) is 10.1 Å². The first-order chi connectivity index (χ1) is 13.1. The first-order valence-electron chi connectivity index (χ1n) is 7.96. The van der Waals surface area contributed by atoms with Gasteiger partial charge in [-0.15, -0.1) is 0 Å². The maximum absolute atomic E-state index is 12.9. The lowest BCUT2D eigenvalue weighted by atomic mass is 10.1. The lowest BCUT2D eigenvalue weighted by Crippen LogP contribution is -2.08. The molecule has 0 spiro atoms. The number of aromatic nitrogens is 1. The Morgan fingerprint density at radius 3 is 2.37 bits per heavy atom. The van der Waals surface area contributed by atoms with Gasteiger partial charge < -0.3 is 15.1 Å². The predicted molar refractivity (Wildman–Crippen MR) is 95.8 cm³/mol. The molecule has 27 heavy (non-hydrogen) atoms. The Hall–Kier alpha value is -3.74. The second-order valence-corrected chi connectivity index (χ2v) is 5.62. The van der Waals surface area contributed by atoms with Crippen LogP contribution in [0.3, 0.4) is 0 Å². The molecule has 0 aliphatic carbocycles. The van der Waals surface area contributed by atoms with Crippen molar-refractivity contribution in [3.05, 3.63) is 95.1 Å². The molecule has 2 N–H and O–H groups in total. The average molecular weight is 366 g/mol. The van der Waals surface area contributed by atoms with E-state index in [-0.39, 0.29) is 29.4 Å². The summed E-state index contributed by atoms with van der Waals surface area (Å²) in [6.07, 6.45) is 1.34. The number of ether oxygens (including phenoxy) is 1. The van der Waals surface area contributed by atoms with E-state index in [4.69, 9.17) is 9.84 Å². The first-order valence-corrected chi connectivity index (χ1v) is 7.96. The van der Waals surface area contributed by atoms with E-state index in [0.717, 1.165) is 5.56 Å². The van der Waals surface area contributed by atoms with Crippen molar-refractivity contribution in [2.75, 3.05) is 0 Å². The lowest BCUT2D eigenvalue weighted by molar-refractivity contribution is 0.0696. The molecule has 0 fully saturated rings. The number of hydrogen-bond donors (Lipinski definition) is 2. The van der Waals surface area contributed by atoms with Crippen LogP contribution in [0.15, 0.2) is 72.0 Å². The third-order valence-electron chi connectivity index (χ3n) is 3.80. The third kappa shape index (κ3) is 4.46. The van der Waals surface area contributed by atoms with Crippen molar-refractivity contribution in [3.8, 4) is 5.75 Å². The first kappa shape index (κ1) is 18.1. The van der Waals surface area contributed by atoms with Crippen LogP contribution in [-0.4, -0.2) is 27.0 Å². The molecule has 0 bridgehead atoms. The minimum Gasteiger partial charge on any atom is -0.489 e. The van der Waals surface area contributed by atoms with E-state index < -0.39 is 5.97 Å². The maximum atomic E-state index is 12.9. The quantitative estimate of drug-likeness (QED) is 0.394. The highest BCUT2D eigenvalue weighted by molar-refractivity contribution is 6.12. The lowest BCUT2D eigenvalue weighted by Gasteiger charge is -2.09. The molecular formula is C20H15FN2O4. The van der Waals surface area contributed by atoms with Crippen molar-refractivity contribution in [2.24, 2.45) is 5.16 Å². The fourth-order valence-corrected chi connectivity index (χ4v) is 2.41. The van der Waals surface area contributed by atoms with Crippen molar-refractivity contribution in [2.45, 2.75) is 6.61 Å². The molecule has 3 rings (SSSR count). The molecular weight excluding hydrogens is 351 g/mol. The molecule has 6 nitrogen and oxygen atoms in total. The summed E-state index contributed by atoms with van der Waals surface area (Å²) in [7, 11) is 0. The molecule has 3 aromatic rings. The van der Waals surface area contributed by atoms with E-state index in [9.17, 15) is 14.4 Å². The van der Waals surface area contributed by atoms with Gasteiger partial charge in [-0.3, -0.25) is 4.98 Å². The minimum atomic E-state index is -1.10. The van der Waals surface area contributed by atoms with Crippen LogP contribution >= 0.6 is 0 Å². The number of aromatic carboxylic acids is 1. The van der Waals surface area contributed by atoms with Gasteiger partial charge in [-0.25, -0.2) is 9.18 Å². The van der Waals surface area contributed by atoms with Crippen LogP contribution in [0.1, 0.15) is 27.2 Å². The Bertz CT molecular complexity index is 970. The normalized spacial score (nSPS) is 11.2. The van der Waals surface area contributed by atoms with Gasteiger partial charge in [0, 0.05) is 11.8 Å². The van der Waals surface area contributed by atoms with Gasteiger partial charge in [0.15, 0.2) is 0 Å². The molecule has 7 heteroatoms. The van der Waals surface area contributed by atoms with Crippen LogP contribution in [0, 0.1) is 5.82 Å². The fourth-order valence-electron chi connectivity index (χ4n) is 2.41. The van der Waals surface area contributed by atoms with Gasteiger partial charge in [0.05, 0.1) is 11.3 Å². The number of carboxylic acid groups (broad SMARTS) is 1. The van der Waals surface area contributed by atoms with E-state index in [0.29, 0.717) is 11.3 Å². The zero-order valence-electron chi connectivity index (χ0n) is 14.0. The molecule has 0 saturated heterocycles. The SMILES string of the molecule is O=C(O)c1ccnc(/C(=N/O)c2ccc(OCc3ccc(F)cc3)cc2)c1. The Morgan fingerprint density at radius 2 is 1.74 bits per heavy atom. The van der Waals surface area contributed by atoms with Crippen LogP contribution < -0.4 is 4.74 Å². The summed E-state index contributed by atoms with van der Waals surface area (Å²) < 4.78 is 18.5. The summed E-state index contributed by atoms with van der Waals surface area (Å²) in [6.45, 7) is 0.281. The summed E-state index contributed by atoms with van der Waals surface area (Å²) in [6, 6.07) is 15.4. The second kappa shape index (κ2) is 8.09. The largest absolute Gasteiger partial charge is 0.489 e. The maximum Gasteiger partial charge on any atom is 0.335 e. The predicted octanol–water partition coefficient (Wildman–Crippen LogP) is 3.72. The highest BCUT2D eigenvalue weighted by Crippen LogP contribution is 2.17. The molecule has 1 heterocycles. The third-order valence-corrected chi connectivity index (χ3v) is 3.80. The zero-order valence-corrected chi connectivity index (χ0v) is 14.0. The summed E-state index contributed by atoms with van der Waals surface area (Å²) in [5.41, 5.74) is 1.79. The Labute approximate surface area is 154 Å². The molecule has 0 radical (unpaired) electrons. The van der Waals surface area contributed by atoms with Gasteiger partial charge in [-0.05, 0) is 54.1 Å². The van der Waals surface area contributed by atoms with Gasteiger partial charge in [-0.1, -0.05) is 17.3 Å². The molecule has 1 aromatic heterocycles. The van der Waals surface area contributed by atoms with Crippen LogP contribution in [0.25, 0.3) is 0 Å². The molecule has 0 saturated carbocycles. The van der Waals surface area contributed by atoms with Crippen molar-refractivity contribution < 1.29 is 24.2 Å². The number of carbonyl (C=O) groups is 1. The highest BCUT2D eigenvalue weighted by atomic mass is 19.1. The van der Waals surface area contributed by atoms with Crippen LogP contribution in [-0.2, 0) is 6.61 Å². The van der Waals surface area contributed by atoms with Gasteiger partial charge in [-0.2, -0.15) is 0 Å². The van der Waals surface area contributed by atoms with Gasteiger partial charge in [0.2, 0.25) is 0 Å². The van der Waals surface area contributed by atoms with Gasteiger partial charge in [0.1, 0.15) is 23.9 Å². The molecule has 0 amide bonds. The summed E-state index contributed by atoms with van der Waals surface area (Å²) in [4.78, 5) is 15.1. The van der Waals surface area contributed by atoms with Gasteiger partial charge >= 0.3 is 5.97 Å². The number of nitrogens with zero attached hydrogens (tertiary/aromatic N) is 2. The van der Waals surface area contributed by atoms with Crippen molar-refractivity contribution >= 4 is 11.7 Å². The van der Waals surface area contributed by atoms with E-state index in [1.807, 2.05) is 0 Å².